The van der Waals surface area contributed by atoms with E-state index in [0.29, 0.717) is 24.7 Å². The van der Waals surface area contributed by atoms with Crippen molar-refractivity contribution < 1.29 is 19.0 Å². The lowest BCUT2D eigenvalue weighted by Gasteiger charge is -2.33. The van der Waals surface area contributed by atoms with Crippen molar-refractivity contribution in [3.63, 3.8) is 0 Å². The molecule has 0 aromatic carbocycles. The average Bonchev–Trinajstić information content (AvgIpc) is 2.47. The zero-order valence-electron chi connectivity index (χ0n) is 13.7. The van der Waals surface area contributed by atoms with E-state index in [-0.39, 0.29) is 12.2 Å². The number of nitrogens with zero attached hydrogens (tertiary/aromatic N) is 2. The Morgan fingerprint density at radius 3 is 2.45 bits per heavy atom. The van der Waals surface area contributed by atoms with E-state index in [1.54, 1.807) is 24.3 Å². The number of amides is 1. The summed E-state index contributed by atoms with van der Waals surface area (Å²) in [6.07, 6.45) is 2.98. The second-order valence-corrected chi connectivity index (χ2v) is 6.32. The Morgan fingerprint density at radius 2 is 1.95 bits per heavy atom. The standard InChI is InChI=1S/C16H24N2O4/c1-16(2,3)22-15(19)18-9-7-12(8-10-18)21-14-6-5-13(20-4)11-17-14/h5-6,11-12H,7-10H2,1-4H3. The molecule has 22 heavy (non-hydrogen) atoms. The number of pyridine rings is 1. The molecule has 0 aliphatic carbocycles. The van der Waals surface area contributed by atoms with E-state index in [2.05, 4.69) is 4.98 Å². The minimum Gasteiger partial charge on any atom is -0.495 e. The molecule has 1 aromatic rings. The van der Waals surface area contributed by atoms with E-state index in [0.717, 1.165) is 12.8 Å². The minimum absolute atomic E-state index is 0.0691. The summed E-state index contributed by atoms with van der Waals surface area (Å²) >= 11 is 0. The Morgan fingerprint density at radius 1 is 1.27 bits per heavy atom. The Kier molecular flexibility index (Phi) is 5.11. The molecule has 1 aliphatic rings. The highest BCUT2D eigenvalue weighted by Crippen LogP contribution is 2.20. The Bertz CT molecular complexity index is 488. The molecule has 6 heteroatoms. The largest absolute Gasteiger partial charge is 0.495 e. The fourth-order valence-electron chi connectivity index (χ4n) is 2.21. The maximum Gasteiger partial charge on any atom is 0.410 e. The number of ether oxygens (including phenoxy) is 3. The number of rotatable bonds is 3. The van der Waals surface area contributed by atoms with Crippen molar-refractivity contribution in [2.24, 2.45) is 0 Å². The minimum atomic E-state index is -0.461. The summed E-state index contributed by atoms with van der Waals surface area (Å²) in [7, 11) is 1.60. The summed E-state index contributed by atoms with van der Waals surface area (Å²) in [5, 5.41) is 0. The number of hydrogen-bond donors (Lipinski definition) is 0. The van der Waals surface area contributed by atoms with Crippen molar-refractivity contribution in [1.29, 1.82) is 0 Å². The highest BCUT2D eigenvalue weighted by molar-refractivity contribution is 5.68. The van der Waals surface area contributed by atoms with E-state index >= 15 is 0 Å². The van der Waals surface area contributed by atoms with Crippen LogP contribution in [-0.2, 0) is 4.74 Å². The second-order valence-electron chi connectivity index (χ2n) is 6.32. The lowest BCUT2D eigenvalue weighted by molar-refractivity contribution is 0.0123. The van der Waals surface area contributed by atoms with E-state index < -0.39 is 5.60 Å². The van der Waals surface area contributed by atoms with Crippen LogP contribution in [0, 0.1) is 0 Å². The summed E-state index contributed by atoms with van der Waals surface area (Å²) in [6.45, 7) is 6.88. The molecule has 6 nitrogen and oxygen atoms in total. The van der Waals surface area contributed by atoms with E-state index in [1.807, 2.05) is 26.8 Å². The van der Waals surface area contributed by atoms with Gasteiger partial charge in [0.05, 0.1) is 13.3 Å². The van der Waals surface area contributed by atoms with Crippen LogP contribution >= 0.6 is 0 Å². The van der Waals surface area contributed by atoms with Crippen molar-refractivity contribution in [3.05, 3.63) is 18.3 Å². The normalized spacial score (nSPS) is 16.3. The third-order valence-electron chi connectivity index (χ3n) is 3.33. The van der Waals surface area contributed by atoms with Crippen molar-refractivity contribution in [3.8, 4) is 11.6 Å². The summed E-state index contributed by atoms with van der Waals surface area (Å²) in [5.41, 5.74) is -0.461. The van der Waals surface area contributed by atoms with Crippen LogP contribution in [0.4, 0.5) is 4.79 Å². The van der Waals surface area contributed by atoms with Crippen LogP contribution in [0.3, 0.4) is 0 Å². The summed E-state index contributed by atoms with van der Waals surface area (Å²) in [6, 6.07) is 3.61. The molecule has 1 aliphatic heterocycles. The molecule has 0 atom stereocenters. The van der Waals surface area contributed by atoms with Gasteiger partial charge in [-0.1, -0.05) is 0 Å². The summed E-state index contributed by atoms with van der Waals surface area (Å²) in [5.74, 6) is 1.28. The molecule has 1 amide bonds. The summed E-state index contributed by atoms with van der Waals surface area (Å²) in [4.78, 5) is 17.9. The fourth-order valence-corrected chi connectivity index (χ4v) is 2.21. The van der Waals surface area contributed by atoms with Crippen LogP contribution < -0.4 is 9.47 Å². The van der Waals surface area contributed by atoms with Crippen LogP contribution in [0.1, 0.15) is 33.6 Å². The second kappa shape index (κ2) is 6.85. The molecule has 0 saturated carbocycles. The molecule has 2 heterocycles. The van der Waals surface area contributed by atoms with Gasteiger partial charge in [-0.05, 0) is 26.8 Å². The number of hydrogen-bond acceptors (Lipinski definition) is 5. The molecule has 1 saturated heterocycles. The van der Waals surface area contributed by atoms with Crippen LogP contribution in [0.15, 0.2) is 18.3 Å². The third kappa shape index (κ3) is 4.79. The maximum absolute atomic E-state index is 12.0. The van der Waals surface area contributed by atoms with Gasteiger partial charge in [0.15, 0.2) is 0 Å². The smallest absolute Gasteiger partial charge is 0.410 e. The van der Waals surface area contributed by atoms with Crippen LogP contribution in [0.25, 0.3) is 0 Å². The first-order valence-electron chi connectivity index (χ1n) is 7.52. The molecule has 1 fully saturated rings. The molecule has 1 aromatic heterocycles. The third-order valence-corrected chi connectivity index (χ3v) is 3.33. The average molecular weight is 308 g/mol. The van der Waals surface area contributed by atoms with E-state index in [4.69, 9.17) is 14.2 Å². The molecule has 122 valence electrons. The van der Waals surface area contributed by atoms with Gasteiger partial charge in [-0.2, -0.15) is 0 Å². The molecule has 0 radical (unpaired) electrons. The number of carbonyl (C=O) groups is 1. The molecular formula is C16H24N2O4. The van der Waals surface area contributed by atoms with Gasteiger partial charge >= 0.3 is 6.09 Å². The van der Waals surface area contributed by atoms with Gasteiger partial charge < -0.3 is 19.1 Å². The molecular weight excluding hydrogens is 284 g/mol. The lowest BCUT2D eigenvalue weighted by atomic mass is 10.1. The van der Waals surface area contributed by atoms with E-state index in [1.165, 1.54) is 0 Å². The van der Waals surface area contributed by atoms with Gasteiger partial charge in [-0.25, -0.2) is 9.78 Å². The predicted molar refractivity (Wildman–Crippen MR) is 82.2 cm³/mol. The highest BCUT2D eigenvalue weighted by atomic mass is 16.6. The van der Waals surface area contributed by atoms with Crippen molar-refractivity contribution in [2.75, 3.05) is 20.2 Å². The Labute approximate surface area is 131 Å². The quantitative estimate of drug-likeness (QED) is 0.859. The van der Waals surface area contributed by atoms with E-state index in [9.17, 15) is 4.79 Å². The topological polar surface area (TPSA) is 60.9 Å². The summed E-state index contributed by atoms with van der Waals surface area (Å²) < 4.78 is 16.3. The molecule has 2 rings (SSSR count). The number of likely N-dealkylation sites (tertiary alicyclic amines) is 1. The van der Waals surface area contributed by atoms with Crippen LogP contribution in [0.2, 0.25) is 0 Å². The highest BCUT2D eigenvalue weighted by Gasteiger charge is 2.27. The first kappa shape index (κ1) is 16.4. The zero-order chi connectivity index (χ0) is 16.2. The first-order valence-corrected chi connectivity index (χ1v) is 7.52. The Hall–Kier alpha value is -1.98. The first-order chi connectivity index (χ1) is 10.4. The monoisotopic (exact) mass is 308 g/mol. The number of carbonyl (C=O) groups excluding carboxylic acids is 1. The van der Waals surface area contributed by atoms with Crippen molar-refractivity contribution in [2.45, 2.75) is 45.3 Å². The predicted octanol–water partition coefficient (Wildman–Crippen LogP) is 2.87. The SMILES string of the molecule is COc1ccc(OC2CCN(C(=O)OC(C)(C)C)CC2)nc1. The van der Waals surface area contributed by atoms with Gasteiger partial charge in [-0.15, -0.1) is 0 Å². The molecule has 0 N–H and O–H groups in total. The fraction of sp³-hybridized carbons (Fsp3) is 0.625. The number of methoxy groups -OCH3 is 1. The van der Waals surface area contributed by atoms with Gasteiger partial charge in [0.1, 0.15) is 17.5 Å². The van der Waals surface area contributed by atoms with Crippen molar-refractivity contribution in [1.82, 2.24) is 9.88 Å². The van der Waals surface area contributed by atoms with Gasteiger partial charge in [0, 0.05) is 32.0 Å². The molecule has 0 spiro atoms. The molecule has 0 unspecified atom stereocenters. The van der Waals surface area contributed by atoms with Crippen LogP contribution in [-0.4, -0.2) is 47.9 Å². The Balaban J connectivity index is 1.80. The van der Waals surface area contributed by atoms with Crippen molar-refractivity contribution >= 4 is 6.09 Å². The number of aromatic nitrogens is 1. The van der Waals surface area contributed by atoms with Gasteiger partial charge in [0.2, 0.25) is 5.88 Å². The molecule has 0 bridgehead atoms. The maximum atomic E-state index is 12.0. The van der Waals surface area contributed by atoms with Gasteiger partial charge in [-0.3, -0.25) is 0 Å². The zero-order valence-corrected chi connectivity index (χ0v) is 13.7. The van der Waals surface area contributed by atoms with Gasteiger partial charge in [0.25, 0.3) is 0 Å². The van der Waals surface area contributed by atoms with Crippen LogP contribution in [0.5, 0.6) is 11.6 Å². The lowest BCUT2D eigenvalue weighted by Crippen LogP contribution is -2.44. The number of piperidine rings is 1.